The molecule has 184 valence electrons. The highest BCUT2D eigenvalue weighted by Gasteiger charge is 2.43. The molecule has 0 saturated carbocycles. The lowest BCUT2D eigenvalue weighted by Crippen LogP contribution is -3.15. The van der Waals surface area contributed by atoms with Crippen LogP contribution in [-0.4, -0.2) is 46.1 Å². The number of phenols is 1. The van der Waals surface area contributed by atoms with Crippen LogP contribution in [0.2, 0.25) is 0 Å². The van der Waals surface area contributed by atoms with Crippen LogP contribution in [0.1, 0.15) is 60.5 Å². The minimum Gasteiger partial charge on any atom is -0.504 e. The third kappa shape index (κ3) is 4.11. The van der Waals surface area contributed by atoms with Gasteiger partial charge in [0, 0.05) is 42.7 Å². The molecule has 3 heterocycles. The van der Waals surface area contributed by atoms with Gasteiger partial charge in [0.1, 0.15) is 12.1 Å². The molecule has 1 unspecified atom stereocenters. The number of nitrogens with two attached hydrogens (primary N) is 1. The van der Waals surface area contributed by atoms with Gasteiger partial charge in [0.2, 0.25) is 0 Å². The van der Waals surface area contributed by atoms with Crippen molar-refractivity contribution in [3.05, 3.63) is 46.5 Å². The monoisotopic (exact) mass is 468 g/mol. The molecular formula is C28H40N2O4+2. The quantitative estimate of drug-likeness (QED) is 0.608. The third-order valence-electron chi connectivity index (χ3n) is 8.74. The molecule has 0 radical (unpaired) electrons. The average Bonchev–Trinajstić information content (AvgIpc) is 2.87. The van der Waals surface area contributed by atoms with E-state index >= 15 is 0 Å². The van der Waals surface area contributed by atoms with Gasteiger partial charge in [0.25, 0.3) is 0 Å². The molecule has 0 aromatic heterocycles. The first-order valence-electron chi connectivity index (χ1n) is 12.9. The van der Waals surface area contributed by atoms with Gasteiger partial charge in [-0.3, -0.25) is 0 Å². The van der Waals surface area contributed by atoms with Crippen molar-refractivity contribution in [2.24, 2.45) is 11.8 Å². The molecule has 3 aliphatic rings. The number of methoxy groups -OCH3 is 3. The molecule has 5 atom stereocenters. The van der Waals surface area contributed by atoms with Crippen molar-refractivity contribution < 1.29 is 29.5 Å². The Morgan fingerprint density at radius 3 is 2.35 bits per heavy atom. The van der Waals surface area contributed by atoms with Gasteiger partial charge in [0.05, 0.1) is 41.0 Å². The lowest BCUT2D eigenvalue weighted by molar-refractivity contribution is -0.944. The largest absolute Gasteiger partial charge is 0.504 e. The van der Waals surface area contributed by atoms with Gasteiger partial charge in [-0.1, -0.05) is 6.92 Å². The van der Waals surface area contributed by atoms with Gasteiger partial charge in [-0.05, 0) is 47.7 Å². The predicted octanol–water partition coefficient (Wildman–Crippen LogP) is 2.20. The van der Waals surface area contributed by atoms with E-state index in [-0.39, 0.29) is 5.75 Å². The van der Waals surface area contributed by atoms with Crippen LogP contribution in [0.5, 0.6) is 23.0 Å². The van der Waals surface area contributed by atoms with Crippen LogP contribution in [-0.2, 0) is 12.8 Å². The topological polar surface area (TPSA) is 69.0 Å². The number of quaternary nitrogens is 2. The molecule has 34 heavy (non-hydrogen) atoms. The molecule has 5 rings (SSSR count). The highest BCUT2D eigenvalue weighted by molar-refractivity contribution is 5.49. The molecule has 3 aliphatic heterocycles. The first-order chi connectivity index (χ1) is 16.6. The highest BCUT2D eigenvalue weighted by atomic mass is 16.5. The number of phenolic OH excluding ortho intramolecular Hbond substituents is 1. The van der Waals surface area contributed by atoms with Crippen molar-refractivity contribution in [1.82, 2.24) is 0 Å². The maximum atomic E-state index is 10.3. The number of hydrogen-bond donors (Lipinski definition) is 3. The number of fused-ring (bicyclic) bond motifs is 4. The maximum Gasteiger partial charge on any atom is 0.161 e. The van der Waals surface area contributed by atoms with Gasteiger partial charge in [-0.2, -0.15) is 0 Å². The molecule has 0 spiro atoms. The second kappa shape index (κ2) is 9.67. The summed E-state index contributed by atoms with van der Waals surface area (Å²) in [6.45, 7) is 5.89. The summed E-state index contributed by atoms with van der Waals surface area (Å²) < 4.78 is 16.7. The Labute approximate surface area is 203 Å². The first-order valence-corrected chi connectivity index (χ1v) is 12.9. The summed E-state index contributed by atoms with van der Waals surface area (Å²) in [5.41, 5.74) is 5.51. The fraction of sp³-hybridized carbons (Fsp3) is 0.571. The summed E-state index contributed by atoms with van der Waals surface area (Å²) in [4.78, 5) is 1.74. The summed E-state index contributed by atoms with van der Waals surface area (Å²) >= 11 is 0. The first kappa shape index (κ1) is 23.3. The molecule has 2 aromatic carbocycles. The Morgan fingerprint density at radius 1 is 0.912 bits per heavy atom. The van der Waals surface area contributed by atoms with E-state index in [1.165, 1.54) is 54.6 Å². The Hall–Kier alpha value is -2.44. The Balaban J connectivity index is 1.43. The second-order valence-electron chi connectivity index (χ2n) is 10.3. The molecule has 0 aliphatic carbocycles. The minimum atomic E-state index is 0.258. The third-order valence-corrected chi connectivity index (χ3v) is 8.74. The molecule has 0 amide bonds. The number of rotatable bonds is 6. The second-order valence-corrected chi connectivity index (χ2v) is 10.3. The maximum absolute atomic E-state index is 10.3. The average molecular weight is 469 g/mol. The van der Waals surface area contributed by atoms with Crippen molar-refractivity contribution in [3.63, 3.8) is 0 Å². The van der Waals surface area contributed by atoms with E-state index in [1.54, 1.807) is 26.2 Å². The molecule has 0 bridgehead atoms. The van der Waals surface area contributed by atoms with Crippen molar-refractivity contribution >= 4 is 0 Å². The van der Waals surface area contributed by atoms with Crippen molar-refractivity contribution in [1.29, 1.82) is 0 Å². The van der Waals surface area contributed by atoms with E-state index in [0.717, 1.165) is 36.8 Å². The van der Waals surface area contributed by atoms with E-state index in [4.69, 9.17) is 14.2 Å². The fourth-order valence-corrected chi connectivity index (χ4v) is 6.94. The van der Waals surface area contributed by atoms with Crippen LogP contribution in [0.15, 0.2) is 24.3 Å². The lowest BCUT2D eigenvalue weighted by Gasteiger charge is -2.45. The molecule has 2 aromatic rings. The highest BCUT2D eigenvalue weighted by Crippen LogP contribution is 2.42. The van der Waals surface area contributed by atoms with Gasteiger partial charge in [0.15, 0.2) is 23.0 Å². The number of piperidine rings is 1. The van der Waals surface area contributed by atoms with Crippen LogP contribution in [0, 0.1) is 11.8 Å². The van der Waals surface area contributed by atoms with Crippen molar-refractivity contribution in [2.75, 3.05) is 41.0 Å². The van der Waals surface area contributed by atoms with E-state index in [1.807, 2.05) is 6.07 Å². The smallest absolute Gasteiger partial charge is 0.161 e. The van der Waals surface area contributed by atoms with Crippen LogP contribution in [0.25, 0.3) is 0 Å². The van der Waals surface area contributed by atoms with E-state index in [0.29, 0.717) is 23.8 Å². The number of hydrogen-bond acceptors (Lipinski definition) is 4. The van der Waals surface area contributed by atoms with Crippen LogP contribution in [0.3, 0.4) is 0 Å². The van der Waals surface area contributed by atoms with Crippen molar-refractivity contribution in [3.8, 4) is 23.0 Å². The molecule has 4 N–H and O–H groups in total. The molecule has 1 fully saturated rings. The van der Waals surface area contributed by atoms with Gasteiger partial charge in [-0.15, -0.1) is 0 Å². The van der Waals surface area contributed by atoms with Gasteiger partial charge < -0.3 is 29.5 Å². The Morgan fingerprint density at radius 2 is 1.62 bits per heavy atom. The molecule has 6 nitrogen and oxygen atoms in total. The predicted molar refractivity (Wildman–Crippen MR) is 131 cm³/mol. The zero-order valence-electron chi connectivity index (χ0n) is 21.0. The van der Waals surface area contributed by atoms with Crippen LogP contribution >= 0.6 is 0 Å². The summed E-state index contributed by atoms with van der Waals surface area (Å²) in [6, 6.07) is 9.41. The SMILES string of the molecule is CC[C@H]1C[NH+]2CCc3cc(OC)c(OC)cc3[C@@H]2C[C@@H]1C[C@H]1[NH2+]CCc2cc(O)c(OC)cc21. The Bertz CT molecular complexity index is 1040. The number of aromatic hydroxyl groups is 1. The van der Waals surface area contributed by atoms with Crippen molar-refractivity contribution in [2.45, 2.75) is 51.1 Å². The summed E-state index contributed by atoms with van der Waals surface area (Å²) in [5.74, 6) is 3.95. The fourth-order valence-electron chi connectivity index (χ4n) is 6.94. The number of benzene rings is 2. The zero-order valence-corrected chi connectivity index (χ0v) is 21.0. The number of nitrogens with one attached hydrogen (secondary N) is 1. The summed E-state index contributed by atoms with van der Waals surface area (Å²) in [6.07, 6.45) is 5.73. The number of ether oxygens (including phenoxy) is 3. The Kier molecular flexibility index (Phi) is 6.63. The van der Waals surface area contributed by atoms with E-state index in [9.17, 15) is 5.11 Å². The van der Waals surface area contributed by atoms with Gasteiger partial charge in [-0.25, -0.2) is 0 Å². The minimum absolute atomic E-state index is 0.258. The van der Waals surface area contributed by atoms with Crippen LogP contribution < -0.4 is 24.4 Å². The van der Waals surface area contributed by atoms with E-state index < -0.39 is 0 Å². The normalized spacial score (nSPS) is 27.8. The molecule has 6 heteroatoms. The summed E-state index contributed by atoms with van der Waals surface area (Å²) in [5, 5.41) is 12.8. The lowest BCUT2D eigenvalue weighted by atomic mass is 9.72. The zero-order chi connectivity index (χ0) is 23.8. The van der Waals surface area contributed by atoms with Crippen LogP contribution in [0.4, 0.5) is 0 Å². The summed E-state index contributed by atoms with van der Waals surface area (Å²) in [7, 11) is 5.09. The van der Waals surface area contributed by atoms with E-state index in [2.05, 4.69) is 30.4 Å². The van der Waals surface area contributed by atoms with Gasteiger partial charge >= 0.3 is 0 Å². The standard InChI is InChI=1S/C28H38N2O4/c1-5-17-16-30-9-7-19-13-27(33-3)28(34-4)15-22(19)24(30)11-20(17)10-23-21-14-26(32-2)25(31)12-18(21)6-8-29-23/h12-15,17,20,23-24,29,31H,5-11,16H2,1-4H3/p+2/t17-,20-,23+,24-/m0/s1. The molecular weight excluding hydrogens is 428 g/mol. The molecule has 1 saturated heterocycles.